The zero-order valence-corrected chi connectivity index (χ0v) is 7.01. The van der Waals surface area contributed by atoms with Crippen molar-refractivity contribution >= 4 is 12.3 Å². The third kappa shape index (κ3) is 3.06. The molecule has 0 radical (unpaired) electrons. The third-order valence-electron chi connectivity index (χ3n) is 1.56. The molecule has 0 aliphatic rings. The third-order valence-corrected chi connectivity index (χ3v) is 1.56. The molecular weight excluding hydrogens is 172 g/mol. The number of nitrogens with zero attached hydrogens (tertiary/aromatic N) is 2. The molecule has 0 unspecified atom stereocenters. The number of hydrogen-bond acceptors (Lipinski definition) is 3. The maximum absolute atomic E-state index is 10.2. The van der Waals surface area contributed by atoms with Crippen LogP contribution in [-0.4, -0.2) is 27.1 Å². The smallest absolute Gasteiger partial charge is 0.303 e. The molecule has 0 aromatic carbocycles. The zero-order valence-electron chi connectivity index (χ0n) is 7.01. The highest BCUT2D eigenvalue weighted by Crippen LogP contribution is 1.96. The minimum atomic E-state index is -0.817. The highest BCUT2D eigenvalue weighted by atomic mass is 16.4. The molecule has 13 heavy (non-hydrogen) atoms. The molecule has 1 N–H and O–H groups in total. The number of aldehydes is 1. The summed E-state index contributed by atoms with van der Waals surface area (Å²) in [6.07, 6.45) is 2.96. The van der Waals surface area contributed by atoms with E-state index in [1.165, 1.54) is 0 Å². The maximum atomic E-state index is 10.2. The van der Waals surface area contributed by atoms with Gasteiger partial charge in [0.05, 0.1) is 0 Å². The Balaban J connectivity index is 2.36. The summed E-state index contributed by atoms with van der Waals surface area (Å²) in [5.74, 6) is -0.817. The van der Waals surface area contributed by atoms with Gasteiger partial charge in [-0.3, -0.25) is 14.3 Å². The lowest BCUT2D eigenvalue weighted by atomic mass is 10.3. The summed E-state index contributed by atoms with van der Waals surface area (Å²) in [7, 11) is 0. The standard InChI is InChI=1S/C8H10N2O3/c11-6-7-3-5-10(9-7)4-1-2-8(12)13/h3,5-6H,1-2,4H2,(H,12,13). The van der Waals surface area contributed by atoms with Gasteiger partial charge in [-0.1, -0.05) is 0 Å². The van der Waals surface area contributed by atoms with Crippen molar-refractivity contribution in [3.8, 4) is 0 Å². The maximum Gasteiger partial charge on any atom is 0.303 e. The molecule has 5 heteroatoms. The summed E-state index contributed by atoms with van der Waals surface area (Å²) in [5, 5.41) is 12.2. The largest absolute Gasteiger partial charge is 0.481 e. The molecule has 0 atom stereocenters. The molecule has 0 spiro atoms. The van der Waals surface area contributed by atoms with E-state index in [1.54, 1.807) is 16.9 Å². The summed E-state index contributed by atoms with van der Waals surface area (Å²) in [6, 6.07) is 1.59. The molecule has 0 aliphatic carbocycles. The van der Waals surface area contributed by atoms with Gasteiger partial charge in [0, 0.05) is 19.2 Å². The molecule has 0 fully saturated rings. The Morgan fingerprint density at radius 1 is 1.69 bits per heavy atom. The first kappa shape index (κ1) is 9.44. The van der Waals surface area contributed by atoms with Gasteiger partial charge in [0.2, 0.25) is 0 Å². The van der Waals surface area contributed by atoms with E-state index in [1.807, 2.05) is 0 Å². The van der Waals surface area contributed by atoms with Gasteiger partial charge in [-0.2, -0.15) is 5.10 Å². The second kappa shape index (κ2) is 4.39. The van der Waals surface area contributed by atoms with Gasteiger partial charge in [0.1, 0.15) is 5.69 Å². The minimum Gasteiger partial charge on any atom is -0.481 e. The summed E-state index contributed by atoms with van der Waals surface area (Å²) in [6.45, 7) is 0.528. The normalized spacial score (nSPS) is 9.85. The molecule has 1 aromatic heterocycles. The van der Waals surface area contributed by atoms with Crippen LogP contribution < -0.4 is 0 Å². The predicted molar refractivity (Wildman–Crippen MR) is 44.5 cm³/mol. The lowest BCUT2D eigenvalue weighted by Gasteiger charge is -1.97. The van der Waals surface area contributed by atoms with Crippen molar-refractivity contribution in [2.45, 2.75) is 19.4 Å². The van der Waals surface area contributed by atoms with E-state index in [4.69, 9.17) is 5.11 Å². The number of aromatic nitrogens is 2. The van der Waals surface area contributed by atoms with Crippen LogP contribution in [0, 0.1) is 0 Å². The Labute approximate surface area is 75.0 Å². The Bertz CT molecular complexity index is 306. The van der Waals surface area contributed by atoms with Gasteiger partial charge in [-0.25, -0.2) is 0 Å². The SMILES string of the molecule is O=Cc1ccn(CCCC(=O)O)n1. The number of carbonyl (C=O) groups is 2. The fraction of sp³-hybridized carbons (Fsp3) is 0.375. The molecule has 1 heterocycles. The van der Waals surface area contributed by atoms with E-state index in [0.717, 1.165) is 0 Å². The van der Waals surface area contributed by atoms with Crippen LogP contribution in [0.2, 0.25) is 0 Å². The molecule has 0 saturated heterocycles. The van der Waals surface area contributed by atoms with Gasteiger partial charge >= 0.3 is 5.97 Å². The number of rotatable bonds is 5. The molecule has 0 bridgehead atoms. The molecule has 1 aromatic rings. The van der Waals surface area contributed by atoms with Gasteiger partial charge in [0.25, 0.3) is 0 Å². The van der Waals surface area contributed by atoms with Crippen molar-refractivity contribution < 1.29 is 14.7 Å². The number of carboxylic acid groups (broad SMARTS) is 1. The molecule has 1 rings (SSSR count). The second-order valence-corrected chi connectivity index (χ2v) is 2.62. The average molecular weight is 182 g/mol. The summed E-state index contributed by atoms with van der Waals surface area (Å²) >= 11 is 0. The molecule has 0 amide bonds. The molecule has 5 nitrogen and oxygen atoms in total. The van der Waals surface area contributed by atoms with E-state index in [-0.39, 0.29) is 6.42 Å². The van der Waals surface area contributed by atoms with Gasteiger partial charge in [-0.15, -0.1) is 0 Å². The van der Waals surface area contributed by atoms with Crippen molar-refractivity contribution in [2.75, 3.05) is 0 Å². The van der Waals surface area contributed by atoms with Crippen LogP contribution in [0.15, 0.2) is 12.3 Å². The fourth-order valence-corrected chi connectivity index (χ4v) is 0.957. The monoisotopic (exact) mass is 182 g/mol. The Hall–Kier alpha value is -1.65. The molecule has 0 saturated carbocycles. The first-order chi connectivity index (χ1) is 6.22. The van der Waals surface area contributed by atoms with Crippen LogP contribution in [0.25, 0.3) is 0 Å². The second-order valence-electron chi connectivity index (χ2n) is 2.62. The fourth-order valence-electron chi connectivity index (χ4n) is 0.957. The molecule has 0 aliphatic heterocycles. The minimum absolute atomic E-state index is 0.121. The van der Waals surface area contributed by atoms with Crippen molar-refractivity contribution in [1.29, 1.82) is 0 Å². The van der Waals surface area contributed by atoms with E-state index in [9.17, 15) is 9.59 Å². The first-order valence-electron chi connectivity index (χ1n) is 3.93. The van der Waals surface area contributed by atoms with Crippen LogP contribution in [0.3, 0.4) is 0 Å². The van der Waals surface area contributed by atoms with Crippen molar-refractivity contribution in [2.24, 2.45) is 0 Å². The number of hydrogen-bond donors (Lipinski definition) is 1. The highest BCUT2D eigenvalue weighted by Gasteiger charge is 1.99. The lowest BCUT2D eigenvalue weighted by molar-refractivity contribution is -0.137. The molecular formula is C8H10N2O3. The summed E-state index contributed by atoms with van der Waals surface area (Å²) < 4.78 is 1.56. The number of aryl methyl sites for hydroxylation is 1. The van der Waals surface area contributed by atoms with Gasteiger partial charge in [0.15, 0.2) is 6.29 Å². The van der Waals surface area contributed by atoms with Crippen LogP contribution in [0.5, 0.6) is 0 Å². The van der Waals surface area contributed by atoms with E-state index in [2.05, 4.69) is 5.10 Å². The summed E-state index contributed by atoms with van der Waals surface area (Å²) in [5.41, 5.74) is 0.371. The van der Waals surface area contributed by atoms with Crippen LogP contribution in [0.1, 0.15) is 23.3 Å². The van der Waals surface area contributed by atoms with E-state index in [0.29, 0.717) is 24.9 Å². The van der Waals surface area contributed by atoms with Crippen molar-refractivity contribution in [3.05, 3.63) is 18.0 Å². The topological polar surface area (TPSA) is 72.2 Å². The average Bonchev–Trinajstić information content (AvgIpc) is 2.52. The Kier molecular flexibility index (Phi) is 3.19. The predicted octanol–water partition coefficient (Wildman–Crippen LogP) is 0.560. The Morgan fingerprint density at radius 3 is 3.00 bits per heavy atom. The first-order valence-corrected chi connectivity index (χ1v) is 3.93. The van der Waals surface area contributed by atoms with Crippen LogP contribution in [-0.2, 0) is 11.3 Å². The van der Waals surface area contributed by atoms with Crippen molar-refractivity contribution in [1.82, 2.24) is 9.78 Å². The van der Waals surface area contributed by atoms with Gasteiger partial charge < -0.3 is 5.11 Å². The zero-order chi connectivity index (χ0) is 9.68. The van der Waals surface area contributed by atoms with Crippen molar-refractivity contribution in [3.63, 3.8) is 0 Å². The lowest BCUT2D eigenvalue weighted by Crippen LogP contribution is -2.02. The quantitative estimate of drug-likeness (QED) is 0.675. The van der Waals surface area contributed by atoms with E-state index < -0.39 is 5.97 Å². The number of carboxylic acids is 1. The molecule has 70 valence electrons. The van der Waals surface area contributed by atoms with Crippen LogP contribution >= 0.6 is 0 Å². The number of aliphatic carboxylic acids is 1. The summed E-state index contributed by atoms with van der Waals surface area (Å²) in [4.78, 5) is 20.4. The van der Waals surface area contributed by atoms with E-state index >= 15 is 0 Å². The number of carbonyl (C=O) groups excluding carboxylic acids is 1. The van der Waals surface area contributed by atoms with Crippen LogP contribution in [0.4, 0.5) is 0 Å². The highest BCUT2D eigenvalue weighted by molar-refractivity contribution is 5.71. The Morgan fingerprint density at radius 2 is 2.46 bits per heavy atom. The van der Waals surface area contributed by atoms with Gasteiger partial charge in [-0.05, 0) is 12.5 Å².